The van der Waals surface area contributed by atoms with Crippen LogP contribution in [0.3, 0.4) is 0 Å². The lowest BCUT2D eigenvalue weighted by molar-refractivity contribution is -0.274. The minimum absolute atomic E-state index is 0.221. The van der Waals surface area contributed by atoms with E-state index in [0.29, 0.717) is 16.9 Å². The van der Waals surface area contributed by atoms with Crippen molar-refractivity contribution in [1.29, 1.82) is 0 Å². The molecule has 20 heavy (non-hydrogen) atoms. The Morgan fingerprint density at radius 2 is 1.90 bits per heavy atom. The van der Waals surface area contributed by atoms with Crippen LogP contribution in [0.5, 0.6) is 5.75 Å². The Morgan fingerprint density at radius 1 is 1.25 bits per heavy atom. The number of ether oxygens (including phenoxy) is 1. The van der Waals surface area contributed by atoms with E-state index in [2.05, 4.69) is 39.8 Å². The molecule has 0 saturated carbocycles. The minimum Gasteiger partial charge on any atom is -0.405 e. The molecule has 0 aliphatic carbocycles. The molecule has 6 heteroatoms. The Morgan fingerprint density at radius 3 is 2.40 bits per heavy atom. The minimum atomic E-state index is -4.67. The Hall–Kier alpha value is -0.750. The molecular formula is C14H19BrF3NO. The maximum atomic E-state index is 12.1. The molecule has 2 nitrogen and oxygen atoms in total. The average Bonchev–Trinajstić information content (AvgIpc) is 2.36. The second-order valence-corrected chi connectivity index (χ2v) is 5.48. The van der Waals surface area contributed by atoms with Crippen LogP contribution in [-0.4, -0.2) is 12.9 Å². The van der Waals surface area contributed by atoms with Gasteiger partial charge in [0.15, 0.2) is 0 Å². The molecule has 1 N–H and O–H groups in total. The van der Waals surface area contributed by atoms with Crippen LogP contribution in [0.25, 0.3) is 0 Å². The third kappa shape index (κ3) is 6.13. The molecule has 0 saturated heterocycles. The second-order valence-electron chi connectivity index (χ2n) is 4.63. The fraction of sp³-hybridized carbons (Fsp3) is 0.571. The van der Waals surface area contributed by atoms with Crippen molar-refractivity contribution in [2.24, 2.45) is 5.92 Å². The number of hydrogen-bond acceptors (Lipinski definition) is 2. The fourth-order valence-corrected chi connectivity index (χ4v) is 2.37. The van der Waals surface area contributed by atoms with Gasteiger partial charge in [0.1, 0.15) is 5.75 Å². The lowest BCUT2D eigenvalue weighted by Crippen LogP contribution is -2.21. The highest BCUT2D eigenvalue weighted by atomic mass is 79.9. The van der Waals surface area contributed by atoms with Gasteiger partial charge in [-0.3, -0.25) is 0 Å². The van der Waals surface area contributed by atoms with Gasteiger partial charge in [-0.1, -0.05) is 32.8 Å². The van der Waals surface area contributed by atoms with Crippen LogP contribution >= 0.6 is 15.9 Å². The van der Waals surface area contributed by atoms with E-state index in [1.807, 2.05) is 0 Å². The summed E-state index contributed by atoms with van der Waals surface area (Å²) >= 11 is 3.10. The van der Waals surface area contributed by atoms with Gasteiger partial charge < -0.3 is 10.1 Å². The predicted octanol–water partition coefficient (Wildman–Crippen LogP) is 4.87. The molecular weight excluding hydrogens is 335 g/mol. The molecule has 1 rings (SSSR count). The molecule has 114 valence electrons. The first kappa shape index (κ1) is 17.3. The number of hydrogen-bond donors (Lipinski definition) is 1. The van der Waals surface area contributed by atoms with Crippen LogP contribution in [0.1, 0.15) is 32.3 Å². The number of benzene rings is 1. The first-order valence-electron chi connectivity index (χ1n) is 6.60. The number of rotatable bonds is 7. The molecule has 0 aliphatic heterocycles. The number of alkyl halides is 3. The maximum absolute atomic E-state index is 12.1. The van der Waals surface area contributed by atoms with E-state index in [9.17, 15) is 13.2 Å². The molecule has 0 aromatic heterocycles. The van der Waals surface area contributed by atoms with E-state index in [1.165, 1.54) is 6.07 Å². The smallest absolute Gasteiger partial charge is 0.405 e. The maximum Gasteiger partial charge on any atom is 0.573 e. The molecule has 0 bridgehead atoms. The van der Waals surface area contributed by atoms with E-state index in [4.69, 9.17) is 0 Å². The highest BCUT2D eigenvalue weighted by Gasteiger charge is 2.31. The molecule has 0 atom stereocenters. The Labute approximate surface area is 125 Å². The van der Waals surface area contributed by atoms with Crippen LogP contribution < -0.4 is 10.1 Å². The molecule has 0 radical (unpaired) electrons. The van der Waals surface area contributed by atoms with E-state index in [-0.39, 0.29) is 5.75 Å². The summed E-state index contributed by atoms with van der Waals surface area (Å²) in [7, 11) is 0. The fourth-order valence-electron chi connectivity index (χ4n) is 1.86. The molecule has 0 amide bonds. The van der Waals surface area contributed by atoms with Gasteiger partial charge in [0.05, 0.1) is 4.47 Å². The highest BCUT2D eigenvalue weighted by molar-refractivity contribution is 9.10. The normalized spacial score (nSPS) is 11.9. The molecule has 1 aromatic rings. The summed E-state index contributed by atoms with van der Waals surface area (Å²) in [5.41, 5.74) is 0.914. The van der Waals surface area contributed by atoms with Crippen molar-refractivity contribution in [2.75, 3.05) is 6.54 Å². The first-order chi connectivity index (χ1) is 9.35. The number of nitrogens with one attached hydrogen (secondary N) is 1. The summed E-state index contributed by atoms with van der Waals surface area (Å²) in [6.45, 7) is 5.83. The lowest BCUT2D eigenvalue weighted by Gasteiger charge is -2.14. The van der Waals surface area contributed by atoms with E-state index in [1.54, 1.807) is 12.1 Å². The molecule has 1 aromatic carbocycles. The van der Waals surface area contributed by atoms with Gasteiger partial charge in [-0.15, -0.1) is 13.2 Å². The summed E-state index contributed by atoms with van der Waals surface area (Å²) in [5.74, 6) is 0.410. The van der Waals surface area contributed by atoms with Crippen molar-refractivity contribution in [1.82, 2.24) is 5.32 Å². The van der Waals surface area contributed by atoms with E-state index < -0.39 is 6.36 Å². The molecule has 0 spiro atoms. The third-order valence-corrected chi connectivity index (χ3v) is 3.76. The van der Waals surface area contributed by atoms with E-state index >= 15 is 0 Å². The number of halogens is 4. The van der Waals surface area contributed by atoms with Crippen LogP contribution in [0.15, 0.2) is 22.7 Å². The topological polar surface area (TPSA) is 21.3 Å². The van der Waals surface area contributed by atoms with Gasteiger partial charge >= 0.3 is 6.36 Å². The van der Waals surface area contributed by atoms with Gasteiger partial charge in [-0.25, -0.2) is 0 Å². The summed E-state index contributed by atoms with van der Waals surface area (Å²) < 4.78 is 40.6. The molecule has 0 heterocycles. The molecule has 0 unspecified atom stereocenters. The zero-order chi connectivity index (χ0) is 15.2. The van der Waals surface area contributed by atoms with Crippen LogP contribution in [0.2, 0.25) is 0 Å². The predicted molar refractivity (Wildman–Crippen MR) is 76.6 cm³/mol. The van der Waals surface area contributed by atoms with Crippen molar-refractivity contribution >= 4 is 15.9 Å². The van der Waals surface area contributed by atoms with Gasteiger partial charge in [-0.2, -0.15) is 0 Å². The summed E-state index contributed by atoms with van der Waals surface area (Å²) in [5, 5.41) is 3.31. The zero-order valence-corrected chi connectivity index (χ0v) is 13.1. The Bertz CT molecular complexity index is 419. The van der Waals surface area contributed by atoms with Crippen molar-refractivity contribution in [3.8, 4) is 5.75 Å². The van der Waals surface area contributed by atoms with Gasteiger partial charge in [0.25, 0.3) is 0 Å². The Kier molecular flexibility index (Phi) is 6.82. The van der Waals surface area contributed by atoms with Gasteiger partial charge in [-0.05, 0) is 46.1 Å². The van der Waals surface area contributed by atoms with Crippen molar-refractivity contribution in [3.05, 3.63) is 28.2 Å². The standard InChI is InChI=1S/C14H19BrF3NO/c1-3-10(4-2)8-19-9-11-5-6-13(12(15)7-11)20-14(16,17)18/h5-7,10,19H,3-4,8-9H2,1-2H3. The SMILES string of the molecule is CCC(CC)CNCc1ccc(OC(F)(F)F)c(Br)c1. The first-order valence-corrected chi connectivity index (χ1v) is 7.39. The summed E-state index contributed by atoms with van der Waals surface area (Å²) in [6, 6.07) is 4.60. The monoisotopic (exact) mass is 353 g/mol. The van der Waals surface area contributed by atoms with Crippen LogP contribution in [-0.2, 0) is 6.54 Å². The van der Waals surface area contributed by atoms with E-state index in [0.717, 1.165) is 24.9 Å². The van der Waals surface area contributed by atoms with Gasteiger partial charge in [0.2, 0.25) is 0 Å². The van der Waals surface area contributed by atoms with Crippen molar-refractivity contribution < 1.29 is 17.9 Å². The Balaban J connectivity index is 2.55. The summed E-state index contributed by atoms with van der Waals surface area (Å²) in [6.07, 6.45) is -2.44. The second kappa shape index (κ2) is 7.88. The lowest BCUT2D eigenvalue weighted by atomic mass is 10.0. The van der Waals surface area contributed by atoms with Crippen molar-refractivity contribution in [3.63, 3.8) is 0 Å². The molecule has 0 aliphatic rings. The molecule has 0 fully saturated rings. The van der Waals surface area contributed by atoms with Crippen LogP contribution in [0, 0.1) is 5.92 Å². The quantitative estimate of drug-likeness (QED) is 0.754. The third-order valence-electron chi connectivity index (χ3n) is 3.14. The largest absolute Gasteiger partial charge is 0.573 e. The highest BCUT2D eigenvalue weighted by Crippen LogP contribution is 2.31. The zero-order valence-electron chi connectivity index (χ0n) is 11.6. The average molecular weight is 354 g/mol. The van der Waals surface area contributed by atoms with Crippen molar-refractivity contribution in [2.45, 2.75) is 39.6 Å². The summed E-state index contributed by atoms with van der Waals surface area (Å²) in [4.78, 5) is 0. The van der Waals surface area contributed by atoms with Crippen LogP contribution in [0.4, 0.5) is 13.2 Å². The van der Waals surface area contributed by atoms with Gasteiger partial charge in [0, 0.05) is 6.54 Å².